The van der Waals surface area contributed by atoms with E-state index in [9.17, 15) is 0 Å². The molecule has 0 aromatic carbocycles. The molecule has 2 heterocycles. The third-order valence-electron chi connectivity index (χ3n) is 2.27. The van der Waals surface area contributed by atoms with E-state index in [0.717, 1.165) is 0 Å². The quantitative estimate of drug-likeness (QED) is 0.770. The maximum absolute atomic E-state index is 4.17. The molecule has 82 valence electrons. The van der Waals surface area contributed by atoms with Crippen molar-refractivity contribution in [2.24, 2.45) is 0 Å². The van der Waals surface area contributed by atoms with E-state index < -0.39 is 0 Å². The highest BCUT2D eigenvalue weighted by molar-refractivity contribution is 7.99. The normalized spacial score (nSPS) is 10.3. The fraction of sp³-hybridized carbons (Fsp3) is 0.300. The Bertz CT molecular complexity index is 427. The van der Waals surface area contributed by atoms with Gasteiger partial charge in [0.2, 0.25) is 0 Å². The van der Waals surface area contributed by atoms with Gasteiger partial charge in [0, 0.05) is 17.3 Å². The van der Waals surface area contributed by atoms with E-state index in [-0.39, 0.29) is 12.4 Å². The Labute approximate surface area is 104 Å². The SMILES string of the molecule is CSc1c(C)c(SC)n2ccncc12.Cl. The fourth-order valence-electron chi connectivity index (χ4n) is 1.69. The molecule has 0 N–H and O–H groups in total. The molecule has 2 rings (SSSR count). The molecule has 0 atom stereocenters. The van der Waals surface area contributed by atoms with Crippen LogP contribution in [0, 0.1) is 6.92 Å². The van der Waals surface area contributed by atoms with Gasteiger partial charge in [-0.2, -0.15) is 0 Å². The highest BCUT2D eigenvalue weighted by atomic mass is 35.5. The van der Waals surface area contributed by atoms with Crippen LogP contribution in [-0.4, -0.2) is 21.9 Å². The first-order chi connectivity index (χ1) is 6.79. The number of rotatable bonds is 2. The molecule has 15 heavy (non-hydrogen) atoms. The van der Waals surface area contributed by atoms with Gasteiger partial charge < -0.3 is 4.40 Å². The molecule has 2 aromatic heterocycles. The van der Waals surface area contributed by atoms with Crippen molar-refractivity contribution < 1.29 is 0 Å². The smallest absolute Gasteiger partial charge is 0.0833 e. The molecule has 0 amide bonds. The topological polar surface area (TPSA) is 17.3 Å². The molecule has 0 fully saturated rings. The number of fused-ring (bicyclic) bond motifs is 1. The molecule has 2 nitrogen and oxygen atoms in total. The summed E-state index contributed by atoms with van der Waals surface area (Å²) in [7, 11) is 0. The lowest BCUT2D eigenvalue weighted by Gasteiger charge is -1.97. The molecule has 0 unspecified atom stereocenters. The predicted octanol–water partition coefficient (Wildman–Crippen LogP) is 3.51. The van der Waals surface area contributed by atoms with Gasteiger partial charge >= 0.3 is 0 Å². The summed E-state index contributed by atoms with van der Waals surface area (Å²) < 4.78 is 2.21. The number of nitrogens with zero attached hydrogens (tertiary/aromatic N) is 2. The summed E-state index contributed by atoms with van der Waals surface area (Å²) in [5.74, 6) is 0. The average molecular weight is 261 g/mol. The van der Waals surface area contributed by atoms with Crippen LogP contribution in [0.5, 0.6) is 0 Å². The summed E-state index contributed by atoms with van der Waals surface area (Å²) >= 11 is 3.57. The van der Waals surface area contributed by atoms with E-state index in [1.165, 1.54) is 21.0 Å². The van der Waals surface area contributed by atoms with Crippen molar-refractivity contribution in [1.82, 2.24) is 9.38 Å². The highest BCUT2D eigenvalue weighted by Crippen LogP contribution is 2.34. The second-order valence-corrected chi connectivity index (χ2v) is 4.61. The van der Waals surface area contributed by atoms with Crippen LogP contribution in [0.2, 0.25) is 0 Å². The molecule has 0 saturated heterocycles. The van der Waals surface area contributed by atoms with E-state index >= 15 is 0 Å². The number of thioether (sulfide) groups is 2. The van der Waals surface area contributed by atoms with E-state index in [0.29, 0.717) is 0 Å². The lowest BCUT2D eigenvalue weighted by atomic mass is 10.4. The van der Waals surface area contributed by atoms with E-state index in [2.05, 4.69) is 28.8 Å². The molecule has 0 aliphatic carbocycles. The lowest BCUT2D eigenvalue weighted by Crippen LogP contribution is -1.85. The van der Waals surface area contributed by atoms with Crippen molar-refractivity contribution >= 4 is 41.4 Å². The van der Waals surface area contributed by atoms with Gasteiger partial charge in [-0.25, -0.2) is 0 Å². The van der Waals surface area contributed by atoms with Gasteiger partial charge in [0.05, 0.1) is 16.7 Å². The Kier molecular flexibility index (Phi) is 4.37. The van der Waals surface area contributed by atoms with Gasteiger partial charge in [-0.3, -0.25) is 4.98 Å². The van der Waals surface area contributed by atoms with Crippen LogP contribution in [0.25, 0.3) is 5.52 Å². The Morgan fingerprint density at radius 1 is 1.27 bits per heavy atom. The van der Waals surface area contributed by atoms with Gasteiger partial charge in [-0.15, -0.1) is 35.9 Å². The van der Waals surface area contributed by atoms with Crippen molar-refractivity contribution in [3.05, 3.63) is 24.2 Å². The number of aromatic nitrogens is 2. The molecule has 5 heteroatoms. The van der Waals surface area contributed by atoms with Crippen molar-refractivity contribution in [3.8, 4) is 0 Å². The molecule has 0 spiro atoms. The number of hydrogen-bond acceptors (Lipinski definition) is 3. The van der Waals surface area contributed by atoms with Crippen LogP contribution in [0.4, 0.5) is 0 Å². The van der Waals surface area contributed by atoms with E-state index in [1.807, 2.05) is 18.6 Å². The molecule has 0 radical (unpaired) electrons. The Morgan fingerprint density at radius 2 is 2.00 bits per heavy atom. The summed E-state index contributed by atoms with van der Waals surface area (Å²) in [5.41, 5.74) is 2.57. The van der Waals surface area contributed by atoms with Gasteiger partial charge in [0.25, 0.3) is 0 Å². The summed E-state index contributed by atoms with van der Waals surface area (Å²) in [6.45, 7) is 2.17. The van der Waals surface area contributed by atoms with Crippen LogP contribution in [0.1, 0.15) is 5.56 Å². The van der Waals surface area contributed by atoms with Crippen molar-refractivity contribution in [1.29, 1.82) is 0 Å². The minimum atomic E-state index is 0. The monoisotopic (exact) mass is 260 g/mol. The first-order valence-electron chi connectivity index (χ1n) is 4.32. The first-order valence-corrected chi connectivity index (χ1v) is 6.77. The van der Waals surface area contributed by atoms with Crippen LogP contribution in [-0.2, 0) is 0 Å². The summed E-state index contributed by atoms with van der Waals surface area (Å²) in [6, 6.07) is 0. The second kappa shape index (κ2) is 5.14. The van der Waals surface area contributed by atoms with Crippen LogP contribution >= 0.6 is 35.9 Å². The third-order valence-corrected chi connectivity index (χ3v) is 4.08. The Morgan fingerprint density at radius 3 is 2.60 bits per heavy atom. The second-order valence-electron chi connectivity index (χ2n) is 3.00. The fourth-order valence-corrected chi connectivity index (χ4v) is 3.28. The zero-order chi connectivity index (χ0) is 10.1. The Balaban J connectivity index is 0.00000112. The summed E-state index contributed by atoms with van der Waals surface area (Å²) in [4.78, 5) is 5.50. The van der Waals surface area contributed by atoms with Crippen molar-refractivity contribution in [2.75, 3.05) is 12.5 Å². The summed E-state index contributed by atoms with van der Waals surface area (Å²) in [6.07, 6.45) is 10.0. The summed E-state index contributed by atoms with van der Waals surface area (Å²) in [5, 5.41) is 1.31. The van der Waals surface area contributed by atoms with Gasteiger partial charge in [0.1, 0.15) is 0 Å². The van der Waals surface area contributed by atoms with Gasteiger partial charge in [-0.1, -0.05) is 0 Å². The van der Waals surface area contributed by atoms with E-state index in [4.69, 9.17) is 0 Å². The zero-order valence-corrected chi connectivity index (χ0v) is 11.3. The largest absolute Gasteiger partial charge is 0.307 e. The predicted molar refractivity (Wildman–Crippen MR) is 70.7 cm³/mol. The number of hydrogen-bond donors (Lipinski definition) is 0. The van der Waals surface area contributed by atoms with E-state index in [1.54, 1.807) is 23.5 Å². The molecule has 0 bridgehead atoms. The maximum atomic E-state index is 4.17. The van der Waals surface area contributed by atoms with Crippen LogP contribution in [0.3, 0.4) is 0 Å². The molecular formula is C10H13ClN2S2. The number of halogens is 1. The van der Waals surface area contributed by atoms with Gasteiger partial charge in [0.15, 0.2) is 0 Å². The maximum Gasteiger partial charge on any atom is 0.0833 e. The molecule has 0 aliphatic heterocycles. The Hall–Kier alpha value is -0.320. The lowest BCUT2D eigenvalue weighted by molar-refractivity contribution is 1.01. The third kappa shape index (κ3) is 1.98. The molecule has 0 saturated carbocycles. The standard InChI is InChI=1S/C10H12N2S2.ClH/c1-7-9(13-2)8-6-11-4-5-12(8)10(7)14-3;/h4-6H,1-3H3;1H. The van der Waals surface area contributed by atoms with Crippen LogP contribution in [0.15, 0.2) is 28.5 Å². The molecule has 2 aromatic rings. The van der Waals surface area contributed by atoms with Crippen LogP contribution < -0.4 is 0 Å². The average Bonchev–Trinajstić information content (AvgIpc) is 2.49. The van der Waals surface area contributed by atoms with Crippen molar-refractivity contribution in [3.63, 3.8) is 0 Å². The molecule has 0 aliphatic rings. The van der Waals surface area contributed by atoms with Gasteiger partial charge in [-0.05, 0) is 25.0 Å². The minimum Gasteiger partial charge on any atom is -0.307 e. The zero-order valence-electron chi connectivity index (χ0n) is 8.85. The van der Waals surface area contributed by atoms with Crippen molar-refractivity contribution in [2.45, 2.75) is 16.8 Å². The first kappa shape index (κ1) is 12.7. The highest BCUT2D eigenvalue weighted by Gasteiger charge is 2.12. The molecular weight excluding hydrogens is 248 g/mol. The minimum absolute atomic E-state index is 0.